The van der Waals surface area contributed by atoms with Gasteiger partial charge in [0.25, 0.3) is 0 Å². The summed E-state index contributed by atoms with van der Waals surface area (Å²) in [6, 6.07) is 1.87. The zero-order chi connectivity index (χ0) is 11.0. The van der Waals surface area contributed by atoms with Crippen LogP contribution in [0.2, 0.25) is 0 Å². The lowest BCUT2D eigenvalue weighted by Crippen LogP contribution is -2.29. The van der Waals surface area contributed by atoms with Gasteiger partial charge in [-0.25, -0.2) is 0 Å². The van der Waals surface area contributed by atoms with Crippen LogP contribution in [-0.4, -0.2) is 19.0 Å². The summed E-state index contributed by atoms with van der Waals surface area (Å²) in [5.41, 5.74) is 5.55. The highest BCUT2D eigenvalue weighted by atomic mass is 16.1. The van der Waals surface area contributed by atoms with Crippen molar-refractivity contribution in [3.05, 3.63) is 0 Å². The highest BCUT2D eigenvalue weighted by Crippen LogP contribution is 2.13. The maximum absolute atomic E-state index is 11.2. The molecule has 3 N–H and O–H groups in total. The van der Waals surface area contributed by atoms with Gasteiger partial charge >= 0.3 is 0 Å². The molecule has 4 heteroatoms. The van der Waals surface area contributed by atoms with E-state index < -0.39 is 0 Å². The van der Waals surface area contributed by atoms with Gasteiger partial charge in [-0.3, -0.25) is 4.79 Å². The van der Waals surface area contributed by atoms with E-state index in [1.807, 2.05) is 6.07 Å². The predicted octanol–water partition coefficient (Wildman–Crippen LogP) is 0.637. The average molecular weight is 197 g/mol. The summed E-state index contributed by atoms with van der Waals surface area (Å²) in [4.78, 5) is 11.2. The zero-order valence-corrected chi connectivity index (χ0v) is 8.92. The van der Waals surface area contributed by atoms with Crippen LogP contribution in [0.5, 0.6) is 0 Å². The number of hydrogen-bond donors (Lipinski definition) is 2. The number of rotatable bonds is 6. The molecule has 0 unspecified atom stereocenters. The van der Waals surface area contributed by atoms with Crippen molar-refractivity contribution < 1.29 is 4.79 Å². The topological polar surface area (TPSA) is 78.9 Å². The van der Waals surface area contributed by atoms with Crippen LogP contribution in [0.15, 0.2) is 0 Å². The Hall–Kier alpha value is -1.08. The van der Waals surface area contributed by atoms with Gasteiger partial charge in [-0.2, -0.15) is 5.26 Å². The molecule has 0 saturated heterocycles. The summed E-state index contributed by atoms with van der Waals surface area (Å²) < 4.78 is 0. The Balaban J connectivity index is 3.81. The number of nitrogens with one attached hydrogen (secondary N) is 1. The molecule has 0 aromatic carbocycles. The summed E-state index contributed by atoms with van der Waals surface area (Å²) in [5, 5.41) is 10.8. The molecule has 0 rings (SSSR count). The molecule has 0 aliphatic carbocycles. The first-order valence-corrected chi connectivity index (χ1v) is 4.93. The Kier molecular flexibility index (Phi) is 6.77. The zero-order valence-electron chi connectivity index (χ0n) is 8.92. The number of carbonyl (C=O) groups is 1. The van der Waals surface area contributed by atoms with E-state index in [9.17, 15) is 4.79 Å². The van der Waals surface area contributed by atoms with Crippen LogP contribution < -0.4 is 11.1 Å². The largest absolute Gasteiger partial charge is 0.343 e. The molecule has 0 saturated carbocycles. The Morgan fingerprint density at radius 3 is 2.64 bits per heavy atom. The van der Waals surface area contributed by atoms with E-state index >= 15 is 0 Å². The first-order chi connectivity index (χ1) is 6.60. The van der Waals surface area contributed by atoms with Crippen LogP contribution in [0.4, 0.5) is 0 Å². The molecular formula is C10H19N3O. The normalized spacial score (nSPS) is 12.2. The summed E-state index contributed by atoms with van der Waals surface area (Å²) in [6.45, 7) is 4.82. The van der Waals surface area contributed by atoms with Crippen LogP contribution in [0.1, 0.15) is 26.7 Å². The van der Waals surface area contributed by atoms with Gasteiger partial charge in [0.1, 0.15) is 6.54 Å². The molecule has 80 valence electrons. The molecule has 0 aliphatic heterocycles. The number of carbonyl (C=O) groups excluding carboxylic acids is 1. The van der Waals surface area contributed by atoms with E-state index in [0.717, 1.165) is 6.42 Å². The summed E-state index contributed by atoms with van der Waals surface area (Å²) >= 11 is 0. The molecule has 0 bridgehead atoms. The number of nitrogens with zero attached hydrogens (tertiary/aromatic N) is 1. The van der Waals surface area contributed by atoms with E-state index in [4.69, 9.17) is 11.0 Å². The molecule has 1 amide bonds. The molecule has 1 atom stereocenters. The van der Waals surface area contributed by atoms with Crippen molar-refractivity contribution in [1.29, 1.82) is 5.26 Å². The fourth-order valence-electron chi connectivity index (χ4n) is 1.40. The second-order valence-electron chi connectivity index (χ2n) is 3.87. The summed E-state index contributed by atoms with van der Waals surface area (Å²) in [6.07, 6.45) is 1.38. The van der Waals surface area contributed by atoms with E-state index in [-0.39, 0.29) is 18.4 Å². The Labute approximate surface area is 85.5 Å². The quantitative estimate of drug-likeness (QED) is 0.613. The van der Waals surface area contributed by atoms with Gasteiger partial charge in [-0.05, 0) is 24.8 Å². The van der Waals surface area contributed by atoms with Gasteiger partial charge in [0.15, 0.2) is 0 Å². The molecule has 14 heavy (non-hydrogen) atoms. The van der Waals surface area contributed by atoms with Crippen LogP contribution in [0, 0.1) is 23.2 Å². The molecule has 0 heterocycles. The summed E-state index contributed by atoms with van der Waals surface area (Å²) in [7, 11) is 0. The van der Waals surface area contributed by atoms with E-state index in [0.29, 0.717) is 18.9 Å². The third-order valence-electron chi connectivity index (χ3n) is 1.98. The maximum Gasteiger partial charge on any atom is 0.221 e. The minimum atomic E-state index is -0.0809. The fraction of sp³-hybridized carbons (Fsp3) is 0.800. The minimum Gasteiger partial charge on any atom is -0.343 e. The van der Waals surface area contributed by atoms with Gasteiger partial charge in [-0.1, -0.05) is 13.8 Å². The summed E-state index contributed by atoms with van der Waals surface area (Å²) in [5.74, 6) is 0.698. The highest BCUT2D eigenvalue weighted by molar-refractivity contribution is 5.76. The molecule has 0 aromatic rings. The number of hydrogen-bond acceptors (Lipinski definition) is 3. The van der Waals surface area contributed by atoms with Crippen LogP contribution >= 0.6 is 0 Å². The monoisotopic (exact) mass is 197 g/mol. The van der Waals surface area contributed by atoms with Crippen molar-refractivity contribution >= 4 is 5.91 Å². The highest BCUT2D eigenvalue weighted by Gasteiger charge is 2.13. The first-order valence-electron chi connectivity index (χ1n) is 4.93. The Morgan fingerprint density at radius 2 is 2.21 bits per heavy atom. The molecule has 0 aromatic heterocycles. The predicted molar refractivity (Wildman–Crippen MR) is 55.2 cm³/mol. The maximum atomic E-state index is 11.2. The SMILES string of the molecule is CC(C)C[C@H](CN)CC(=O)NCC#N. The third-order valence-corrected chi connectivity index (χ3v) is 1.98. The van der Waals surface area contributed by atoms with Crippen molar-refractivity contribution in [3.8, 4) is 6.07 Å². The van der Waals surface area contributed by atoms with Gasteiger partial charge in [0.2, 0.25) is 5.91 Å². The Bertz CT molecular complexity index is 208. The van der Waals surface area contributed by atoms with E-state index in [1.165, 1.54) is 0 Å². The number of nitriles is 1. The average Bonchev–Trinajstić information content (AvgIpc) is 2.12. The number of nitrogens with two attached hydrogens (primary N) is 1. The van der Waals surface area contributed by atoms with E-state index in [1.54, 1.807) is 0 Å². The van der Waals surface area contributed by atoms with Gasteiger partial charge in [0.05, 0.1) is 6.07 Å². The standard InChI is InChI=1S/C10H19N3O/c1-8(2)5-9(7-12)6-10(14)13-4-3-11/h8-9H,4-7,12H2,1-2H3,(H,13,14)/t9-/m0/s1. The van der Waals surface area contributed by atoms with E-state index in [2.05, 4.69) is 19.2 Å². The molecule has 4 nitrogen and oxygen atoms in total. The Morgan fingerprint density at radius 1 is 1.57 bits per heavy atom. The smallest absolute Gasteiger partial charge is 0.221 e. The molecule has 0 aliphatic rings. The van der Waals surface area contributed by atoms with Crippen LogP contribution in [0.3, 0.4) is 0 Å². The molecule has 0 fully saturated rings. The number of amides is 1. The molecule has 0 radical (unpaired) electrons. The minimum absolute atomic E-state index is 0.0809. The van der Waals surface area contributed by atoms with Crippen molar-refractivity contribution in [3.63, 3.8) is 0 Å². The van der Waals surface area contributed by atoms with Crippen molar-refractivity contribution in [1.82, 2.24) is 5.32 Å². The fourth-order valence-corrected chi connectivity index (χ4v) is 1.40. The van der Waals surface area contributed by atoms with Crippen molar-refractivity contribution in [2.45, 2.75) is 26.7 Å². The lowest BCUT2D eigenvalue weighted by atomic mass is 9.94. The van der Waals surface area contributed by atoms with Crippen LogP contribution in [-0.2, 0) is 4.79 Å². The molecule has 0 spiro atoms. The van der Waals surface area contributed by atoms with Gasteiger partial charge in [-0.15, -0.1) is 0 Å². The van der Waals surface area contributed by atoms with Gasteiger partial charge in [0, 0.05) is 6.42 Å². The van der Waals surface area contributed by atoms with Crippen molar-refractivity contribution in [2.75, 3.05) is 13.1 Å². The third kappa shape index (κ3) is 6.44. The van der Waals surface area contributed by atoms with Crippen LogP contribution in [0.25, 0.3) is 0 Å². The molecular weight excluding hydrogens is 178 g/mol. The van der Waals surface area contributed by atoms with Gasteiger partial charge < -0.3 is 11.1 Å². The second kappa shape index (κ2) is 7.34. The first kappa shape index (κ1) is 12.9. The second-order valence-corrected chi connectivity index (χ2v) is 3.87. The van der Waals surface area contributed by atoms with Crippen molar-refractivity contribution in [2.24, 2.45) is 17.6 Å². The lowest BCUT2D eigenvalue weighted by molar-refractivity contribution is -0.121. The lowest BCUT2D eigenvalue weighted by Gasteiger charge is -2.15.